The summed E-state index contributed by atoms with van der Waals surface area (Å²) in [6.07, 6.45) is 1.15. The molecule has 0 saturated carbocycles. The van der Waals surface area contributed by atoms with E-state index in [0.717, 1.165) is 6.08 Å². The predicted octanol–water partition coefficient (Wildman–Crippen LogP) is 0.952. The van der Waals surface area contributed by atoms with E-state index >= 15 is 0 Å². The molecular weight excluding hydrogens is 216 g/mol. The fourth-order valence-corrected chi connectivity index (χ4v) is 1.82. The van der Waals surface area contributed by atoms with Gasteiger partial charge in [-0.05, 0) is 13.0 Å². The van der Waals surface area contributed by atoms with Gasteiger partial charge < -0.3 is 10.4 Å². The highest BCUT2D eigenvalue weighted by Gasteiger charge is 2.13. The van der Waals surface area contributed by atoms with Crippen LogP contribution in [0.25, 0.3) is 0 Å². The second kappa shape index (κ2) is 4.70. The van der Waals surface area contributed by atoms with Crippen molar-refractivity contribution < 1.29 is 14.7 Å². The summed E-state index contributed by atoms with van der Waals surface area (Å²) in [6, 6.07) is 0. The molecule has 1 aromatic rings. The highest BCUT2D eigenvalue weighted by atomic mass is 32.1. The largest absolute Gasteiger partial charge is 0.476 e. The summed E-state index contributed by atoms with van der Waals surface area (Å²) in [6.45, 7) is 5.21. The Bertz CT molecular complexity index is 411. The van der Waals surface area contributed by atoms with Crippen LogP contribution >= 0.6 is 11.3 Å². The zero-order valence-corrected chi connectivity index (χ0v) is 8.93. The lowest BCUT2D eigenvalue weighted by atomic mass is 10.4. The molecule has 0 aliphatic heterocycles. The topological polar surface area (TPSA) is 79.3 Å². The zero-order chi connectivity index (χ0) is 11.4. The van der Waals surface area contributed by atoms with Gasteiger partial charge in [0.2, 0.25) is 5.91 Å². The summed E-state index contributed by atoms with van der Waals surface area (Å²) in [7, 11) is 0. The van der Waals surface area contributed by atoms with Gasteiger partial charge in [0.25, 0.3) is 0 Å². The second-order valence-corrected chi connectivity index (χ2v) is 4.03. The number of nitrogens with zero attached hydrogens (tertiary/aromatic N) is 1. The van der Waals surface area contributed by atoms with Crippen molar-refractivity contribution in [3.8, 4) is 0 Å². The molecule has 0 atom stereocenters. The monoisotopic (exact) mass is 226 g/mol. The Morgan fingerprint density at radius 1 is 1.67 bits per heavy atom. The Morgan fingerprint density at radius 2 is 2.33 bits per heavy atom. The lowest BCUT2D eigenvalue weighted by Crippen LogP contribution is -2.19. The lowest BCUT2D eigenvalue weighted by molar-refractivity contribution is -0.116. The first-order valence-corrected chi connectivity index (χ1v) is 4.96. The van der Waals surface area contributed by atoms with Crippen molar-refractivity contribution in [2.45, 2.75) is 13.5 Å². The summed E-state index contributed by atoms with van der Waals surface area (Å²) in [4.78, 5) is 26.0. The van der Waals surface area contributed by atoms with E-state index in [4.69, 9.17) is 5.11 Å². The number of aryl methyl sites for hydroxylation is 1. The third-order valence-electron chi connectivity index (χ3n) is 1.64. The standard InChI is InChI=1S/C9H10N2O3S/c1-3-6(12)10-4-7-11-8(9(13)14)5(2)15-7/h3H,1,4H2,2H3,(H,10,12)(H,13,14). The van der Waals surface area contributed by atoms with Crippen LogP contribution in [-0.2, 0) is 11.3 Å². The maximum absolute atomic E-state index is 10.8. The number of hydrogen-bond donors (Lipinski definition) is 2. The van der Waals surface area contributed by atoms with Crippen LogP contribution < -0.4 is 5.32 Å². The molecule has 6 heteroatoms. The van der Waals surface area contributed by atoms with Crippen molar-refractivity contribution in [1.29, 1.82) is 0 Å². The van der Waals surface area contributed by atoms with Gasteiger partial charge in [-0.3, -0.25) is 4.79 Å². The molecule has 0 unspecified atom stereocenters. The quantitative estimate of drug-likeness (QED) is 0.749. The van der Waals surface area contributed by atoms with Crippen molar-refractivity contribution in [3.63, 3.8) is 0 Å². The number of rotatable bonds is 4. The number of thiazole rings is 1. The number of carboxylic acids is 1. The first-order valence-electron chi connectivity index (χ1n) is 4.14. The molecule has 1 amide bonds. The van der Waals surface area contributed by atoms with Crippen LogP contribution in [0.4, 0.5) is 0 Å². The fourth-order valence-electron chi connectivity index (χ4n) is 0.960. The lowest BCUT2D eigenvalue weighted by Gasteiger charge is -1.96. The molecular formula is C9H10N2O3S. The molecule has 1 rings (SSSR count). The Balaban J connectivity index is 2.71. The minimum atomic E-state index is -1.05. The minimum Gasteiger partial charge on any atom is -0.476 e. The normalized spacial score (nSPS) is 9.67. The third kappa shape index (κ3) is 2.88. The van der Waals surface area contributed by atoms with E-state index in [1.807, 2.05) is 0 Å². The van der Waals surface area contributed by atoms with Crippen LogP contribution in [0.2, 0.25) is 0 Å². The van der Waals surface area contributed by atoms with Gasteiger partial charge in [0.05, 0.1) is 6.54 Å². The van der Waals surface area contributed by atoms with Crippen molar-refractivity contribution in [2.24, 2.45) is 0 Å². The number of carbonyl (C=O) groups is 2. The number of aromatic carboxylic acids is 1. The molecule has 1 heterocycles. The zero-order valence-electron chi connectivity index (χ0n) is 8.11. The molecule has 0 fully saturated rings. The molecule has 0 aromatic carbocycles. The van der Waals surface area contributed by atoms with E-state index in [9.17, 15) is 9.59 Å². The third-order valence-corrected chi connectivity index (χ3v) is 2.61. The molecule has 0 radical (unpaired) electrons. The van der Waals surface area contributed by atoms with Crippen LogP contribution in [0.15, 0.2) is 12.7 Å². The summed E-state index contributed by atoms with van der Waals surface area (Å²) in [5.41, 5.74) is 0.0443. The average Bonchev–Trinajstić information content (AvgIpc) is 2.56. The molecule has 0 saturated heterocycles. The van der Waals surface area contributed by atoms with Gasteiger partial charge in [0.1, 0.15) is 5.01 Å². The maximum atomic E-state index is 10.8. The van der Waals surface area contributed by atoms with Gasteiger partial charge >= 0.3 is 5.97 Å². The van der Waals surface area contributed by atoms with E-state index in [-0.39, 0.29) is 18.1 Å². The number of nitrogens with one attached hydrogen (secondary N) is 1. The van der Waals surface area contributed by atoms with Crippen molar-refractivity contribution in [2.75, 3.05) is 0 Å². The van der Waals surface area contributed by atoms with Crippen molar-refractivity contribution in [3.05, 3.63) is 28.2 Å². The van der Waals surface area contributed by atoms with Crippen molar-refractivity contribution in [1.82, 2.24) is 10.3 Å². The Hall–Kier alpha value is -1.69. The van der Waals surface area contributed by atoms with E-state index < -0.39 is 5.97 Å². The molecule has 0 aliphatic rings. The molecule has 5 nitrogen and oxygen atoms in total. The Labute approximate surface area is 90.5 Å². The highest BCUT2D eigenvalue weighted by Crippen LogP contribution is 2.17. The first-order chi connectivity index (χ1) is 7.04. The SMILES string of the molecule is C=CC(=O)NCc1nc(C(=O)O)c(C)s1. The molecule has 0 aliphatic carbocycles. The van der Waals surface area contributed by atoms with Gasteiger partial charge in [0, 0.05) is 4.88 Å². The summed E-state index contributed by atoms with van der Waals surface area (Å²) in [5, 5.41) is 11.8. The molecule has 15 heavy (non-hydrogen) atoms. The van der Waals surface area contributed by atoms with E-state index in [1.54, 1.807) is 6.92 Å². The van der Waals surface area contributed by atoms with E-state index in [0.29, 0.717) is 9.88 Å². The second-order valence-electron chi connectivity index (χ2n) is 2.74. The van der Waals surface area contributed by atoms with Gasteiger partial charge in [0.15, 0.2) is 5.69 Å². The summed E-state index contributed by atoms with van der Waals surface area (Å²) < 4.78 is 0. The van der Waals surface area contributed by atoms with Crippen LogP contribution in [-0.4, -0.2) is 22.0 Å². The molecule has 0 bridgehead atoms. The molecule has 2 N–H and O–H groups in total. The minimum absolute atomic E-state index is 0.0443. The average molecular weight is 226 g/mol. The van der Waals surface area contributed by atoms with Gasteiger partial charge in [-0.2, -0.15) is 0 Å². The van der Waals surface area contributed by atoms with Gasteiger partial charge in [-0.25, -0.2) is 9.78 Å². The van der Waals surface area contributed by atoms with Crippen LogP contribution in [0.3, 0.4) is 0 Å². The summed E-state index contributed by atoms with van der Waals surface area (Å²) >= 11 is 1.25. The maximum Gasteiger partial charge on any atom is 0.355 e. The number of carbonyl (C=O) groups excluding carboxylic acids is 1. The Kier molecular flexibility index (Phi) is 3.56. The fraction of sp³-hybridized carbons (Fsp3) is 0.222. The molecule has 0 spiro atoms. The summed E-state index contributed by atoms with van der Waals surface area (Å²) in [5.74, 6) is -1.36. The number of aromatic nitrogens is 1. The first kappa shape index (κ1) is 11.4. The number of amides is 1. The van der Waals surface area contributed by atoms with E-state index in [1.165, 1.54) is 11.3 Å². The molecule has 1 aromatic heterocycles. The van der Waals surface area contributed by atoms with Crippen LogP contribution in [0, 0.1) is 6.92 Å². The predicted molar refractivity (Wildman–Crippen MR) is 55.9 cm³/mol. The van der Waals surface area contributed by atoms with Crippen LogP contribution in [0.1, 0.15) is 20.4 Å². The Morgan fingerprint density at radius 3 is 2.80 bits per heavy atom. The van der Waals surface area contributed by atoms with Crippen LogP contribution in [0.5, 0.6) is 0 Å². The number of hydrogen-bond acceptors (Lipinski definition) is 4. The molecule has 80 valence electrons. The highest BCUT2D eigenvalue weighted by molar-refractivity contribution is 7.11. The smallest absolute Gasteiger partial charge is 0.355 e. The van der Waals surface area contributed by atoms with Crippen molar-refractivity contribution >= 4 is 23.2 Å². The van der Waals surface area contributed by atoms with E-state index in [2.05, 4.69) is 16.9 Å². The van der Waals surface area contributed by atoms with Gasteiger partial charge in [-0.1, -0.05) is 6.58 Å². The number of carboxylic acid groups (broad SMARTS) is 1. The van der Waals surface area contributed by atoms with Gasteiger partial charge in [-0.15, -0.1) is 11.3 Å².